The maximum atomic E-state index is 9.49. The molecule has 0 saturated carbocycles. The Morgan fingerprint density at radius 2 is 1.75 bits per heavy atom. The van der Waals surface area contributed by atoms with Crippen LogP contribution in [0.15, 0.2) is 0 Å². The lowest BCUT2D eigenvalue weighted by molar-refractivity contribution is -0.0186. The van der Waals surface area contributed by atoms with Crippen LogP contribution < -0.4 is 5.32 Å². The zero-order chi connectivity index (χ0) is 12.2. The monoisotopic (exact) mass is 233 g/mol. The van der Waals surface area contributed by atoms with Crippen molar-refractivity contribution in [1.82, 2.24) is 5.32 Å². The van der Waals surface area contributed by atoms with Crippen LogP contribution >= 0.6 is 0 Å². The van der Waals surface area contributed by atoms with Gasteiger partial charge in [-0.05, 0) is 6.42 Å². The quantitative estimate of drug-likeness (QED) is 0.526. The van der Waals surface area contributed by atoms with Crippen molar-refractivity contribution in [3.63, 3.8) is 0 Å². The van der Waals surface area contributed by atoms with Gasteiger partial charge in [0.05, 0.1) is 19.8 Å². The molecule has 4 heteroatoms. The van der Waals surface area contributed by atoms with E-state index in [-0.39, 0.29) is 0 Å². The molecule has 0 aromatic heterocycles. The van der Waals surface area contributed by atoms with E-state index in [4.69, 9.17) is 9.47 Å². The first-order valence-corrected chi connectivity index (χ1v) is 6.23. The van der Waals surface area contributed by atoms with E-state index in [1.54, 1.807) is 0 Å². The van der Waals surface area contributed by atoms with Crippen LogP contribution in [0.3, 0.4) is 0 Å². The highest BCUT2D eigenvalue weighted by Gasteiger charge is 2.03. The molecular weight excluding hydrogens is 206 g/mol. The van der Waals surface area contributed by atoms with Gasteiger partial charge in [0.1, 0.15) is 6.10 Å². The van der Waals surface area contributed by atoms with Crippen molar-refractivity contribution in [2.24, 2.45) is 0 Å². The van der Waals surface area contributed by atoms with Gasteiger partial charge in [-0.2, -0.15) is 0 Å². The van der Waals surface area contributed by atoms with E-state index in [1.165, 1.54) is 0 Å². The Morgan fingerprint density at radius 3 is 2.31 bits per heavy atom. The SMILES string of the molecule is CCCCOCC(O)COCCNC(C)C. The summed E-state index contributed by atoms with van der Waals surface area (Å²) in [6, 6.07) is 0.478. The summed E-state index contributed by atoms with van der Waals surface area (Å²) < 4.78 is 10.6. The van der Waals surface area contributed by atoms with E-state index < -0.39 is 6.10 Å². The summed E-state index contributed by atoms with van der Waals surface area (Å²) >= 11 is 0. The summed E-state index contributed by atoms with van der Waals surface area (Å²) in [6.07, 6.45) is 1.66. The second-order valence-corrected chi connectivity index (χ2v) is 4.27. The van der Waals surface area contributed by atoms with Crippen molar-refractivity contribution >= 4 is 0 Å². The van der Waals surface area contributed by atoms with Gasteiger partial charge in [-0.25, -0.2) is 0 Å². The number of unbranched alkanes of at least 4 members (excludes halogenated alkanes) is 1. The third-order valence-electron chi connectivity index (χ3n) is 2.06. The molecule has 2 N–H and O–H groups in total. The summed E-state index contributed by atoms with van der Waals surface area (Å²) in [5.74, 6) is 0. The highest BCUT2D eigenvalue weighted by atomic mass is 16.5. The van der Waals surface area contributed by atoms with Gasteiger partial charge in [0.25, 0.3) is 0 Å². The first-order chi connectivity index (χ1) is 7.66. The van der Waals surface area contributed by atoms with E-state index in [0.29, 0.717) is 25.9 Å². The van der Waals surface area contributed by atoms with Gasteiger partial charge in [0, 0.05) is 19.2 Å². The topological polar surface area (TPSA) is 50.7 Å². The molecule has 0 aliphatic carbocycles. The van der Waals surface area contributed by atoms with Crippen LogP contribution in [0.4, 0.5) is 0 Å². The van der Waals surface area contributed by atoms with Gasteiger partial charge < -0.3 is 19.9 Å². The molecule has 98 valence electrons. The molecule has 1 unspecified atom stereocenters. The van der Waals surface area contributed by atoms with Crippen LogP contribution in [0.1, 0.15) is 33.6 Å². The summed E-state index contributed by atoms with van der Waals surface area (Å²) in [6.45, 7) is 9.20. The standard InChI is InChI=1S/C12H27NO3/c1-4-5-7-15-9-12(14)10-16-8-6-13-11(2)3/h11-14H,4-10H2,1-3H3. The number of hydrogen-bond acceptors (Lipinski definition) is 4. The second-order valence-electron chi connectivity index (χ2n) is 4.27. The maximum absolute atomic E-state index is 9.49. The molecule has 1 atom stereocenters. The smallest absolute Gasteiger partial charge is 0.101 e. The zero-order valence-electron chi connectivity index (χ0n) is 10.9. The van der Waals surface area contributed by atoms with Gasteiger partial charge in [-0.15, -0.1) is 0 Å². The second kappa shape index (κ2) is 11.3. The summed E-state index contributed by atoms with van der Waals surface area (Å²) in [5.41, 5.74) is 0. The van der Waals surface area contributed by atoms with Gasteiger partial charge in [0.2, 0.25) is 0 Å². The number of rotatable bonds is 11. The Kier molecular flexibility index (Phi) is 11.2. The first kappa shape index (κ1) is 15.8. The van der Waals surface area contributed by atoms with E-state index in [0.717, 1.165) is 26.0 Å². The third-order valence-corrected chi connectivity index (χ3v) is 2.06. The minimum atomic E-state index is -0.504. The van der Waals surface area contributed by atoms with Crippen molar-refractivity contribution in [2.75, 3.05) is 33.0 Å². The van der Waals surface area contributed by atoms with Crippen molar-refractivity contribution in [3.8, 4) is 0 Å². The lowest BCUT2D eigenvalue weighted by atomic mass is 10.3. The lowest BCUT2D eigenvalue weighted by Crippen LogP contribution is -2.29. The number of ether oxygens (including phenoxy) is 2. The minimum Gasteiger partial charge on any atom is -0.388 e. The number of hydrogen-bond donors (Lipinski definition) is 2. The fraction of sp³-hybridized carbons (Fsp3) is 1.00. The Morgan fingerprint density at radius 1 is 1.12 bits per heavy atom. The molecule has 0 rings (SSSR count). The van der Waals surface area contributed by atoms with E-state index in [1.807, 2.05) is 0 Å². The van der Waals surface area contributed by atoms with E-state index in [2.05, 4.69) is 26.1 Å². The molecule has 4 nitrogen and oxygen atoms in total. The predicted octanol–water partition coefficient (Wildman–Crippen LogP) is 1.18. The summed E-state index contributed by atoms with van der Waals surface area (Å²) in [7, 11) is 0. The molecule has 0 aliphatic rings. The minimum absolute atomic E-state index is 0.353. The van der Waals surface area contributed by atoms with Crippen LogP contribution in [-0.2, 0) is 9.47 Å². The Hall–Kier alpha value is -0.160. The Labute approximate surface area is 99.3 Å². The molecular formula is C12H27NO3. The molecule has 0 spiro atoms. The van der Waals surface area contributed by atoms with Crippen molar-refractivity contribution in [3.05, 3.63) is 0 Å². The fourth-order valence-electron chi connectivity index (χ4n) is 1.15. The van der Waals surface area contributed by atoms with Gasteiger partial charge in [-0.3, -0.25) is 0 Å². The van der Waals surface area contributed by atoms with Gasteiger partial charge in [-0.1, -0.05) is 27.2 Å². The maximum Gasteiger partial charge on any atom is 0.101 e. The average molecular weight is 233 g/mol. The van der Waals surface area contributed by atoms with Crippen LogP contribution in [0.25, 0.3) is 0 Å². The van der Waals surface area contributed by atoms with E-state index >= 15 is 0 Å². The zero-order valence-corrected chi connectivity index (χ0v) is 10.9. The van der Waals surface area contributed by atoms with Crippen molar-refractivity contribution in [2.45, 2.75) is 45.8 Å². The predicted molar refractivity (Wildman–Crippen MR) is 65.7 cm³/mol. The summed E-state index contributed by atoms with van der Waals surface area (Å²) in [4.78, 5) is 0. The van der Waals surface area contributed by atoms with Crippen LogP contribution in [0, 0.1) is 0 Å². The lowest BCUT2D eigenvalue weighted by Gasteiger charge is -2.12. The van der Waals surface area contributed by atoms with Crippen molar-refractivity contribution < 1.29 is 14.6 Å². The molecule has 0 aliphatic heterocycles. The normalized spacial score (nSPS) is 13.3. The summed E-state index contributed by atoms with van der Waals surface area (Å²) in [5, 5.41) is 12.7. The largest absolute Gasteiger partial charge is 0.388 e. The highest BCUT2D eigenvalue weighted by molar-refractivity contribution is 4.54. The molecule has 0 aromatic rings. The fourth-order valence-corrected chi connectivity index (χ4v) is 1.15. The van der Waals surface area contributed by atoms with Crippen LogP contribution in [-0.4, -0.2) is 50.2 Å². The van der Waals surface area contributed by atoms with Gasteiger partial charge in [0.15, 0.2) is 0 Å². The Bertz CT molecular complexity index is 142. The first-order valence-electron chi connectivity index (χ1n) is 6.23. The van der Waals surface area contributed by atoms with Crippen molar-refractivity contribution in [1.29, 1.82) is 0 Å². The molecule has 0 radical (unpaired) electrons. The molecule has 0 bridgehead atoms. The Balaban J connectivity index is 3.14. The highest BCUT2D eigenvalue weighted by Crippen LogP contribution is 1.92. The number of aliphatic hydroxyl groups excluding tert-OH is 1. The van der Waals surface area contributed by atoms with Gasteiger partial charge >= 0.3 is 0 Å². The molecule has 0 amide bonds. The van der Waals surface area contributed by atoms with E-state index in [9.17, 15) is 5.11 Å². The van der Waals surface area contributed by atoms with Crippen LogP contribution in [0.5, 0.6) is 0 Å². The molecule has 0 aromatic carbocycles. The number of aliphatic hydroxyl groups is 1. The average Bonchev–Trinajstić information content (AvgIpc) is 2.23. The molecule has 0 saturated heterocycles. The molecule has 0 heterocycles. The molecule has 16 heavy (non-hydrogen) atoms. The van der Waals surface area contributed by atoms with Crippen LogP contribution in [0.2, 0.25) is 0 Å². The molecule has 0 fully saturated rings. The number of nitrogens with one attached hydrogen (secondary N) is 1. The third kappa shape index (κ3) is 11.9.